The summed E-state index contributed by atoms with van der Waals surface area (Å²) in [5.74, 6) is 2.08. The van der Waals surface area contributed by atoms with Gasteiger partial charge in [-0.1, -0.05) is 25.3 Å². The van der Waals surface area contributed by atoms with E-state index in [-0.39, 0.29) is 36.4 Å². The highest BCUT2D eigenvalue weighted by Crippen LogP contribution is 2.27. The minimum absolute atomic E-state index is 0. The number of amides is 1. The van der Waals surface area contributed by atoms with Crippen molar-refractivity contribution in [3.63, 3.8) is 0 Å². The summed E-state index contributed by atoms with van der Waals surface area (Å²) in [4.78, 5) is 16.2. The van der Waals surface area contributed by atoms with Crippen molar-refractivity contribution in [2.45, 2.75) is 44.6 Å². The van der Waals surface area contributed by atoms with E-state index in [1.807, 2.05) is 18.2 Å². The van der Waals surface area contributed by atoms with Crippen LogP contribution in [0.1, 0.15) is 37.7 Å². The smallest absolute Gasteiger partial charge is 0.239 e. The molecule has 0 heterocycles. The van der Waals surface area contributed by atoms with E-state index in [2.05, 4.69) is 20.9 Å². The molecule has 158 valence electrons. The van der Waals surface area contributed by atoms with Crippen molar-refractivity contribution in [1.29, 1.82) is 0 Å². The van der Waals surface area contributed by atoms with Crippen LogP contribution in [-0.4, -0.2) is 52.3 Å². The molecule has 0 radical (unpaired) electrons. The quantitative estimate of drug-likeness (QED) is 0.288. The second-order valence-corrected chi connectivity index (χ2v) is 6.69. The Morgan fingerprint density at radius 1 is 1.11 bits per heavy atom. The first-order chi connectivity index (χ1) is 13.2. The average molecular weight is 504 g/mol. The normalized spacial score (nSPS) is 14.6. The second kappa shape index (κ2) is 13.5. The molecule has 1 aliphatic carbocycles. The lowest BCUT2D eigenvalue weighted by atomic mass is 9.95. The molecule has 7 nitrogen and oxygen atoms in total. The number of ether oxygens (including phenoxy) is 2. The number of carbonyl (C=O) groups is 1. The van der Waals surface area contributed by atoms with Crippen molar-refractivity contribution >= 4 is 35.8 Å². The van der Waals surface area contributed by atoms with Crippen LogP contribution in [0, 0.1) is 0 Å². The molecule has 0 aliphatic heterocycles. The number of rotatable bonds is 8. The van der Waals surface area contributed by atoms with Gasteiger partial charge in [0, 0.05) is 19.6 Å². The number of hydrogen-bond donors (Lipinski definition) is 3. The first-order valence-corrected chi connectivity index (χ1v) is 9.61. The first-order valence-electron chi connectivity index (χ1n) is 9.61. The van der Waals surface area contributed by atoms with Gasteiger partial charge in [-0.25, -0.2) is 0 Å². The number of hydrogen-bond acceptors (Lipinski definition) is 4. The number of methoxy groups -OCH3 is 2. The molecular weight excluding hydrogens is 471 g/mol. The fraction of sp³-hybridized carbons (Fsp3) is 0.600. The summed E-state index contributed by atoms with van der Waals surface area (Å²) in [6, 6.07) is 6.20. The SMILES string of the molecule is CN=C(NCCc1ccc(OC)c(OC)c1)NCC(=O)NC1CCCCC1.I. The lowest BCUT2D eigenvalue weighted by Crippen LogP contribution is -2.46. The van der Waals surface area contributed by atoms with Crippen LogP contribution in [-0.2, 0) is 11.2 Å². The van der Waals surface area contributed by atoms with Crippen LogP contribution in [0.5, 0.6) is 11.5 Å². The third-order valence-electron chi connectivity index (χ3n) is 4.76. The third kappa shape index (κ3) is 8.12. The highest BCUT2D eigenvalue weighted by molar-refractivity contribution is 14.0. The van der Waals surface area contributed by atoms with Gasteiger partial charge in [0.25, 0.3) is 0 Å². The van der Waals surface area contributed by atoms with Crippen LogP contribution in [0.2, 0.25) is 0 Å². The van der Waals surface area contributed by atoms with Gasteiger partial charge in [-0.3, -0.25) is 9.79 Å². The minimum atomic E-state index is 0. The molecule has 0 atom stereocenters. The number of nitrogens with zero attached hydrogens (tertiary/aromatic N) is 1. The molecule has 1 aromatic carbocycles. The molecule has 0 unspecified atom stereocenters. The van der Waals surface area contributed by atoms with Gasteiger partial charge >= 0.3 is 0 Å². The molecular formula is C20H33IN4O3. The largest absolute Gasteiger partial charge is 0.493 e. The Bertz CT molecular complexity index is 634. The van der Waals surface area contributed by atoms with Crippen LogP contribution in [0.15, 0.2) is 23.2 Å². The Kier molecular flexibility index (Phi) is 11.7. The summed E-state index contributed by atoms with van der Waals surface area (Å²) in [7, 11) is 4.95. The molecule has 8 heteroatoms. The average Bonchev–Trinajstić information content (AvgIpc) is 2.71. The lowest BCUT2D eigenvalue weighted by Gasteiger charge is -2.23. The predicted octanol–water partition coefficient (Wildman–Crippen LogP) is 2.48. The summed E-state index contributed by atoms with van der Waals surface area (Å²) in [6.45, 7) is 0.923. The molecule has 1 fully saturated rings. The molecule has 1 aliphatic rings. The topological polar surface area (TPSA) is 84.0 Å². The highest BCUT2D eigenvalue weighted by Gasteiger charge is 2.15. The number of aliphatic imine (C=N–C) groups is 1. The van der Waals surface area contributed by atoms with Crippen LogP contribution in [0.4, 0.5) is 0 Å². The molecule has 1 aromatic rings. The fourth-order valence-electron chi connectivity index (χ4n) is 3.27. The molecule has 1 amide bonds. The Balaban J connectivity index is 0.00000392. The fourth-order valence-corrected chi connectivity index (χ4v) is 3.27. The van der Waals surface area contributed by atoms with Gasteiger partial charge in [0.15, 0.2) is 17.5 Å². The van der Waals surface area contributed by atoms with Gasteiger partial charge in [0.2, 0.25) is 5.91 Å². The monoisotopic (exact) mass is 504 g/mol. The molecule has 1 saturated carbocycles. The molecule has 3 N–H and O–H groups in total. The van der Waals surface area contributed by atoms with E-state index < -0.39 is 0 Å². The van der Waals surface area contributed by atoms with E-state index in [4.69, 9.17) is 9.47 Å². The standard InChI is InChI=1S/C20H32N4O3.HI/c1-21-20(23-14-19(25)24-16-7-5-4-6-8-16)22-12-11-15-9-10-17(26-2)18(13-15)27-3;/h9-10,13,16H,4-8,11-12,14H2,1-3H3,(H,24,25)(H2,21,22,23);1H. The van der Waals surface area contributed by atoms with Gasteiger partial charge in [-0.2, -0.15) is 0 Å². The number of halogens is 1. The maximum Gasteiger partial charge on any atom is 0.239 e. The van der Waals surface area contributed by atoms with Crippen molar-refractivity contribution in [3.05, 3.63) is 23.8 Å². The van der Waals surface area contributed by atoms with Gasteiger partial charge in [-0.05, 0) is 37.0 Å². The maximum absolute atomic E-state index is 12.1. The molecule has 0 saturated heterocycles. The number of carbonyl (C=O) groups excluding carboxylic acids is 1. The Labute approximate surface area is 185 Å². The Morgan fingerprint density at radius 3 is 2.46 bits per heavy atom. The minimum Gasteiger partial charge on any atom is -0.493 e. The van der Waals surface area contributed by atoms with Crippen molar-refractivity contribution < 1.29 is 14.3 Å². The first kappa shape index (κ1) is 24.3. The van der Waals surface area contributed by atoms with E-state index >= 15 is 0 Å². The van der Waals surface area contributed by atoms with Gasteiger partial charge in [-0.15, -0.1) is 24.0 Å². The maximum atomic E-state index is 12.1. The van der Waals surface area contributed by atoms with Crippen molar-refractivity contribution in [3.8, 4) is 11.5 Å². The van der Waals surface area contributed by atoms with Crippen LogP contribution >= 0.6 is 24.0 Å². The van der Waals surface area contributed by atoms with Gasteiger partial charge in [0.1, 0.15) is 0 Å². The summed E-state index contributed by atoms with van der Waals surface area (Å²) in [6.07, 6.45) is 6.67. The zero-order valence-corrected chi connectivity index (χ0v) is 19.4. The lowest BCUT2D eigenvalue weighted by molar-refractivity contribution is -0.120. The number of guanidine groups is 1. The Hall–Kier alpha value is -1.71. The zero-order valence-electron chi connectivity index (χ0n) is 17.0. The molecule has 0 aromatic heterocycles. The van der Waals surface area contributed by atoms with Crippen molar-refractivity contribution in [2.75, 3.05) is 34.4 Å². The Morgan fingerprint density at radius 2 is 1.82 bits per heavy atom. The highest BCUT2D eigenvalue weighted by atomic mass is 127. The van der Waals surface area contributed by atoms with E-state index in [0.717, 1.165) is 36.3 Å². The van der Waals surface area contributed by atoms with Crippen molar-refractivity contribution in [2.24, 2.45) is 4.99 Å². The van der Waals surface area contributed by atoms with Gasteiger partial charge in [0.05, 0.1) is 20.8 Å². The van der Waals surface area contributed by atoms with Crippen molar-refractivity contribution in [1.82, 2.24) is 16.0 Å². The zero-order chi connectivity index (χ0) is 19.5. The summed E-state index contributed by atoms with van der Waals surface area (Å²) in [5, 5.41) is 9.39. The molecule has 2 rings (SSSR count). The summed E-state index contributed by atoms with van der Waals surface area (Å²) >= 11 is 0. The summed E-state index contributed by atoms with van der Waals surface area (Å²) < 4.78 is 10.6. The van der Waals surface area contributed by atoms with E-state index in [0.29, 0.717) is 18.5 Å². The summed E-state index contributed by atoms with van der Waals surface area (Å²) in [5.41, 5.74) is 1.13. The van der Waals surface area contributed by atoms with Gasteiger partial charge < -0.3 is 25.4 Å². The number of nitrogens with one attached hydrogen (secondary N) is 3. The molecule has 0 bridgehead atoms. The molecule has 28 heavy (non-hydrogen) atoms. The molecule has 0 spiro atoms. The van der Waals surface area contributed by atoms with E-state index in [1.165, 1.54) is 19.3 Å². The van der Waals surface area contributed by atoms with Crippen LogP contribution in [0.3, 0.4) is 0 Å². The third-order valence-corrected chi connectivity index (χ3v) is 4.76. The second-order valence-electron chi connectivity index (χ2n) is 6.69. The number of benzene rings is 1. The van der Waals surface area contributed by atoms with Crippen LogP contribution < -0.4 is 25.4 Å². The van der Waals surface area contributed by atoms with E-state index in [9.17, 15) is 4.79 Å². The predicted molar refractivity (Wildman–Crippen MR) is 123 cm³/mol. The van der Waals surface area contributed by atoms with Crippen LogP contribution in [0.25, 0.3) is 0 Å². The van der Waals surface area contributed by atoms with E-state index in [1.54, 1.807) is 21.3 Å².